The van der Waals surface area contributed by atoms with Gasteiger partial charge in [0, 0.05) is 37.2 Å². The Morgan fingerprint density at radius 1 is 1.03 bits per heavy atom. The molecule has 1 aromatic carbocycles. The Labute approximate surface area is 204 Å². The van der Waals surface area contributed by atoms with Crippen LogP contribution in [0.2, 0.25) is 0 Å². The van der Waals surface area contributed by atoms with Crippen LogP contribution in [0, 0.1) is 12.7 Å². The molecule has 1 saturated heterocycles. The fraction of sp³-hybridized carbons (Fsp3) is 0.308. The number of para-hydroxylation sites is 1. The zero-order valence-electron chi connectivity index (χ0n) is 19.5. The van der Waals surface area contributed by atoms with Gasteiger partial charge < -0.3 is 4.90 Å². The van der Waals surface area contributed by atoms with Crippen LogP contribution in [-0.2, 0) is 12.7 Å². The summed E-state index contributed by atoms with van der Waals surface area (Å²) < 4.78 is 54.6. The van der Waals surface area contributed by atoms with E-state index in [4.69, 9.17) is 0 Å². The minimum absolute atomic E-state index is 0.0345. The molecule has 0 N–H and O–H groups in total. The molecule has 1 aliphatic heterocycles. The van der Waals surface area contributed by atoms with Crippen molar-refractivity contribution in [2.45, 2.75) is 38.4 Å². The topological polar surface area (TPSA) is 63.9 Å². The summed E-state index contributed by atoms with van der Waals surface area (Å²) in [5.41, 5.74) is 2.06. The fourth-order valence-electron chi connectivity index (χ4n) is 4.84. The van der Waals surface area contributed by atoms with E-state index in [2.05, 4.69) is 15.0 Å². The standard InChI is InChI=1S/C26H23F4N5O/c1-16-3-2-4-21(27)23(16)34-11-7-17(8-12-34)20-13-22-24(32-10-9-31-22)35(25(20)36)15-19-6-5-18(14-33-19)26(28,29)30/h2-6,9-10,13-14,17H,7-8,11-12,15H2,1H3. The number of fused-ring (bicyclic) bond motifs is 1. The van der Waals surface area contributed by atoms with E-state index in [1.807, 2.05) is 17.9 Å². The Bertz CT molecular complexity index is 1440. The SMILES string of the molecule is Cc1cccc(F)c1N1CCC(c2cc3nccnc3n(Cc3ccc(C(F)(F)F)cn3)c2=O)CC1. The van der Waals surface area contributed by atoms with Gasteiger partial charge in [0.2, 0.25) is 0 Å². The highest BCUT2D eigenvalue weighted by atomic mass is 19.4. The summed E-state index contributed by atoms with van der Waals surface area (Å²) in [4.78, 5) is 28.2. The summed E-state index contributed by atoms with van der Waals surface area (Å²) in [6.07, 6.45) is 0.559. The average Bonchev–Trinajstić information content (AvgIpc) is 2.86. The summed E-state index contributed by atoms with van der Waals surface area (Å²) in [6, 6.07) is 8.97. The number of benzene rings is 1. The van der Waals surface area contributed by atoms with Crippen LogP contribution in [-0.4, -0.2) is 32.6 Å². The molecule has 0 saturated carbocycles. The highest BCUT2D eigenvalue weighted by Crippen LogP contribution is 2.33. The van der Waals surface area contributed by atoms with Gasteiger partial charge in [-0.25, -0.2) is 9.37 Å². The van der Waals surface area contributed by atoms with Crippen molar-refractivity contribution in [1.82, 2.24) is 19.5 Å². The monoisotopic (exact) mass is 497 g/mol. The highest BCUT2D eigenvalue weighted by Gasteiger charge is 2.31. The van der Waals surface area contributed by atoms with Gasteiger partial charge in [-0.3, -0.25) is 19.3 Å². The van der Waals surface area contributed by atoms with Crippen molar-refractivity contribution < 1.29 is 17.6 Å². The predicted octanol–water partition coefficient (Wildman–Crippen LogP) is 5.09. The van der Waals surface area contributed by atoms with Gasteiger partial charge in [0.25, 0.3) is 5.56 Å². The van der Waals surface area contributed by atoms with Gasteiger partial charge in [0.15, 0.2) is 5.65 Å². The molecule has 0 aliphatic carbocycles. The first-order valence-electron chi connectivity index (χ1n) is 11.6. The van der Waals surface area contributed by atoms with Gasteiger partial charge in [-0.1, -0.05) is 12.1 Å². The van der Waals surface area contributed by atoms with Crippen molar-refractivity contribution in [2.24, 2.45) is 0 Å². The van der Waals surface area contributed by atoms with Crippen LogP contribution in [0.15, 0.2) is 59.8 Å². The Hall–Kier alpha value is -3.82. The van der Waals surface area contributed by atoms with Crippen LogP contribution in [0.1, 0.15) is 41.1 Å². The number of pyridine rings is 2. The van der Waals surface area contributed by atoms with Crippen molar-refractivity contribution in [3.8, 4) is 0 Å². The summed E-state index contributed by atoms with van der Waals surface area (Å²) in [6.45, 7) is 3.02. The number of anilines is 1. The van der Waals surface area contributed by atoms with Gasteiger partial charge in [-0.15, -0.1) is 0 Å². The van der Waals surface area contributed by atoms with E-state index in [1.54, 1.807) is 12.1 Å². The third-order valence-corrected chi connectivity index (χ3v) is 6.66. The molecule has 0 radical (unpaired) electrons. The molecule has 3 aromatic heterocycles. The largest absolute Gasteiger partial charge is 0.417 e. The molecule has 10 heteroatoms. The molecule has 0 spiro atoms. The molecular formula is C26H23F4N5O. The fourth-order valence-corrected chi connectivity index (χ4v) is 4.84. The first-order valence-corrected chi connectivity index (χ1v) is 11.6. The molecule has 6 nitrogen and oxygen atoms in total. The maximum Gasteiger partial charge on any atom is 0.417 e. The van der Waals surface area contributed by atoms with Gasteiger partial charge in [0.05, 0.1) is 23.5 Å². The molecule has 186 valence electrons. The minimum Gasteiger partial charge on any atom is -0.369 e. The summed E-state index contributed by atoms with van der Waals surface area (Å²) >= 11 is 0. The maximum atomic E-state index is 14.5. The number of piperidine rings is 1. The molecule has 0 bridgehead atoms. The lowest BCUT2D eigenvalue weighted by molar-refractivity contribution is -0.137. The number of hydrogen-bond acceptors (Lipinski definition) is 5. The third-order valence-electron chi connectivity index (χ3n) is 6.66. The number of hydrogen-bond donors (Lipinski definition) is 0. The van der Waals surface area contributed by atoms with Gasteiger partial charge in [-0.05, 0) is 55.5 Å². The zero-order valence-corrected chi connectivity index (χ0v) is 19.5. The average molecular weight is 497 g/mol. The van der Waals surface area contributed by atoms with Gasteiger partial charge in [0.1, 0.15) is 11.3 Å². The van der Waals surface area contributed by atoms with Crippen molar-refractivity contribution in [2.75, 3.05) is 18.0 Å². The molecule has 4 aromatic rings. The number of halogens is 4. The van der Waals surface area contributed by atoms with Crippen molar-refractivity contribution in [1.29, 1.82) is 0 Å². The predicted molar refractivity (Wildman–Crippen MR) is 127 cm³/mol. The number of aromatic nitrogens is 4. The molecule has 4 heterocycles. The van der Waals surface area contributed by atoms with Crippen LogP contribution < -0.4 is 10.5 Å². The van der Waals surface area contributed by atoms with Crippen LogP contribution in [0.4, 0.5) is 23.2 Å². The summed E-state index contributed by atoms with van der Waals surface area (Å²) in [5.74, 6) is -0.333. The van der Waals surface area contributed by atoms with Crippen molar-refractivity contribution in [3.05, 3.63) is 93.5 Å². The summed E-state index contributed by atoms with van der Waals surface area (Å²) in [5, 5.41) is 0. The second-order valence-electron chi connectivity index (χ2n) is 8.96. The van der Waals surface area contributed by atoms with E-state index in [-0.39, 0.29) is 23.8 Å². The Kier molecular flexibility index (Phi) is 6.19. The maximum absolute atomic E-state index is 14.5. The quantitative estimate of drug-likeness (QED) is 0.368. The number of rotatable bonds is 4. The molecule has 36 heavy (non-hydrogen) atoms. The highest BCUT2D eigenvalue weighted by molar-refractivity contribution is 5.71. The molecule has 1 fully saturated rings. The Balaban J connectivity index is 1.45. The first-order chi connectivity index (χ1) is 17.2. The van der Waals surface area contributed by atoms with E-state index in [0.717, 1.165) is 17.8 Å². The van der Waals surface area contributed by atoms with Crippen LogP contribution in [0.5, 0.6) is 0 Å². The lowest BCUT2D eigenvalue weighted by Crippen LogP contribution is -2.36. The molecule has 0 unspecified atom stereocenters. The van der Waals surface area contributed by atoms with E-state index < -0.39 is 11.7 Å². The lowest BCUT2D eigenvalue weighted by Gasteiger charge is -2.34. The van der Waals surface area contributed by atoms with Gasteiger partial charge >= 0.3 is 6.18 Å². The minimum atomic E-state index is -4.49. The Morgan fingerprint density at radius 3 is 2.44 bits per heavy atom. The Morgan fingerprint density at radius 2 is 1.78 bits per heavy atom. The summed E-state index contributed by atoms with van der Waals surface area (Å²) in [7, 11) is 0. The van der Waals surface area contributed by atoms with Crippen LogP contribution in [0.25, 0.3) is 11.2 Å². The lowest BCUT2D eigenvalue weighted by atomic mass is 9.89. The molecular weight excluding hydrogens is 474 g/mol. The molecule has 1 aliphatic rings. The zero-order chi connectivity index (χ0) is 25.4. The van der Waals surface area contributed by atoms with Crippen molar-refractivity contribution >= 4 is 16.9 Å². The molecule has 5 rings (SSSR count). The van der Waals surface area contributed by atoms with E-state index in [1.165, 1.54) is 29.1 Å². The van der Waals surface area contributed by atoms with E-state index >= 15 is 0 Å². The second-order valence-corrected chi connectivity index (χ2v) is 8.96. The van der Waals surface area contributed by atoms with Gasteiger partial charge in [-0.2, -0.15) is 13.2 Å². The van der Waals surface area contributed by atoms with E-state index in [9.17, 15) is 22.4 Å². The number of nitrogens with zero attached hydrogens (tertiary/aromatic N) is 5. The number of aryl methyl sites for hydroxylation is 1. The normalized spacial score (nSPS) is 15.0. The van der Waals surface area contributed by atoms with Crippen LogP contribution in [0.3, 0.4) is 0 Å². The first kappa shape index (κ1) is 23.9. The van der Waals surface area contributed by atoms with E-state index in [0.29, 0.717) is 54.0 Å². The third kappa shape index (κ3) is 4.55. The molecule has 0 atom stereocenters. The van der Waals surface area contributed by atoms with Crippen molar-refractivity contribution in [3.63, 3.8) is 0 Å². The smallest absolute Gasteiger partial charge is 0.369 e. The molecule has 0 amide bonds. The van der Waals surface area contributed by atoms with Crippen LogP contribution >= 0.6 is 0 Å². The number of alkyl halides is 3. The second kappa shape index (κ2) is 9.33.